The number of likely N-dealkylation sites (N-methyl/N-ethyl adjacent to an activating group) is 1. The molecule has 0 spiro atoms. The summed E-state index contributed by atoms with van der Waals surface area (Å²) in [5.74, 6) is -2.22. The maximum absolute atomic E-state index is 13.5. The minimum absolute atomic E-state index is 0.00264. The van der Waals surface area contributed by atoms with Crippen LogP contribution in [0.2, 0.25) is 0 Å². The van der Waals surface area contributed by atoms with E-state index in [0.717, 1.165) is 0 Å². The van der Waals surface area contributed by atoms with Gasteiger partial charge in [-0.15, -0.1) is 0 Å². The Morgan fingerprint density at radius 3 is 1.56 bits per heavy atom. The number of rotatable bonds is 16. The van der Waals surface area contributed by atoms with Crippen molar-refractivity contribution >= 4 is 23.9 Å². The molecule has 0 aromatic carbocycles. The van der Waals surface area contributed by atoms with Crippen molar-refractivity contribution in [3.8, 4) is 0 Å². The summed E-state index contributed by atoms with van der Waals surface area (Å²) in [5, 5.41) is 9.01. The first-order valence-electron chi connectivity index (χ1n) is 12.3. The van der Waals surface area contributed by atoms with Crippen LogP contribution in [0.15, 0.2) is 0 Å². The molecule has 0 aliphatic rings. The summed E-state index contributed by atoms with van der Waals surface area (Å²) < 4.78 is 21.0. The molecule has 0 aliphatic heterocycles. The Balaban J connectivity index is 6.34. The largest absolute Gasteiger partial charge is 0.469 e. The predicted molar refractivity (Wildman–Crippen MR) is 134 cm³/mol. The Morgan fingerprint density at radius 1 is 0.694 bits per heavy atom. The van der Waals surface area contributed by atoms with E-state index in [9.17, 15) is 19.2 Å². The van der Waals surface area contributed by atoms with E-state index < -0.39 is 45.5 Å². The molecule has 0 saturated carbocycles. The monoisotopic (exact) mass is 517 g/mol. The van der Waals surface area contributed by atoms with Gasteiger partial charge in [-0.1, -0.05) is 0 Å². The lowest BCUT2D eigenvalue weighted by Crippen LogP contribution is -2.47. The fourth-order valence-corrected chi connectivity index (χ4v) is 4.77. The second kappa shape index (κ2) is 13.9. The summed E-state index contributed by atoms with van der Waals surface area (Å²) in [5.41, 5.74) is -4.80. The lowest BCUT2D eigenvalue weighted by Gasteiger charge is -2.42. The zero-order valence-electron chi connectivity index (χ0n) is 23.8. The Hall–Kier alpha value is -2.20. The van der Waals surface area contributed by atoms with Crippen LogP contribution in [0.4, 0.5) is 0 Å². The van der Waals surface area contributed by atoms with Crippen LogP contribution >= 0.6 is 0 Å². The number of carbonyl (C=O) groups excluding carboxylic acids is 4. The van der Waals surface area contributed by atoms with E-state index in [4.69, 9.17) is 24.1 Å². The highest BCUT2D eigenvalue weighted by Crippen LogP contribution is 2.48. The average Bonchev–Trinajstić information content (AvgIpc) is 2.75. The van der Waals surface area contributed by atoms with Crippen molar-refractivity contribution in [3.63, 3.8) is 0 Å². The first-order chi connectivity index (χ1) is 16.4. The third-order valence-corrected chi connectivity index (χ3v) is 6.09. The molecule has 0 heterocycles. The lowest BCUT2D eigenvalue weighted by atomic mass is 9.62. The molecule has 210 valence electrons. The van der Waals surface area contributed by atoms with Gasteiger partial charge in [0.2, 0.25) is 0 Å². The van der Waals surface area contributed by atoms with Gasteiger partial charge in [0, 0.05) is 6.54 Å². The number of methoxy groups -OCH3 is 1. The van der Waals surface area contributed by atoms with Crippen molar-refractivity contribution in [1.82, 2.24) is 4.90 Å². The molecule has 10 nitrogen and oxygen atoms in total. The molecule has 10 heteroatoms. The SMILES string of the molecule is CCOC(=O)C(C)(C)CC(C)(CC(C)(CC(C)(C)C(=O)OCCO)C(=O)OC)C(=O)OCCN(C)C. The van der Waals surface area contributed by atoms with Crippen molar-refractivity contribution in [3.05, 3.63) is 0 Å². The van der Waals surface area contributed by atoms with Gasteiger partial charge < -0.3 is 29.0 Å². The molecule has 2 atom stereocenters. The van der Waals surface area contributed by atoms with E-state index in [1.165, 1.54) is 7.11 Å². The second-order valence-corrected chi connectivity index (χ2v) is 11.4. The van der Waals surface area contributed by atoms with Gasteiger partial charge in [0.15, 0.2) is 0 Å². The van der Waals surface area contributed by atoms with Gasteiger partial charge in [0.1, 0.15) is 13.2 Å². The van der Waals surface area contributed by atoms with Crippen molar-refractivity contribution in [2.24, 2.45) is 21.7 Å². The third-order valence-electron chi connectivity index (χ3n) is 6.09. The average molecular weight is 518 g/mol. The van der Waals surface area contributed by atoms with Gasteiger partial charge in [-0.25, -0.2) is 0 Å². The molecule has 0 aliphatic carbocycles. The van der Waals surface area contributed by atoms with Crippen molar-refractivity contribution in [2.45, 2.75) is 67.7 Å². The number of aliphatic hydroxyl groups is 1. The van der Waals surface area contributed by atoms with Crippen LogP contribution in [0.25, 0.3) is 0 Å². The van der Waals surface area contributed by atoms with Crippen LogP contribution in [-0.2, 0) is 38.1 Å². The molecule has 0 radical (unpaired) electrons. The number of esters is 4. The zero-order chi connectivity index (χ0) is 28.4. The predicted octanol–water partition coefficient (Wildman–Crippen LogP) is 2.60. The molecule has 2 unspecified atom stereocenters. The minimum atomic E-state index is -1.31. The van der Waals surface area contributed by atoms with Crippen LogP contribution in [0.5, 0.6) is 0 Å². The summed E-state index contributed by atoms with van der Waals surface area (Å²) in [6, 6.07) is 0. The molecule has 0 saturated heterocycles. The fourth-order valence-electron chi connectivity index (χ4n) is 4.77. The summed E-state index contributed by atoms with van der Waals surface area (Å²) in [7, 11) is 4.94. The van der Waals surface area contributed by atoms with E-state index >= 15 is 0 Å². The molecule has 0 fully saturated rings. The topological polar surface area (TPSA) is 129 Å². The molecule has 0 amide bonds. The fraction of sp³-hybridized carbons (Fsp3) is 0.846. The standard InChI is InChI=1S/C26H47NO9/c1-11-34-19(29)23(2,3)17-26(7,22(32)35-14-12-27(8)9)18-25(6,21(31)33-10)16-24(4,5)20(30)36-15-13-28/h28H,11-18H2,1-10H3. The van der Waals surface area contributed by atoms with Crippen molar-refractivity contribution in [2.75, 3.05) is 54.2 Å². The highest BCUT2D eigenvalue weighted by Gasteiger charge is 2.52. The lowest BCUT2D eigenvalue weighted by molar-refractivity contribution is -0.170. The van der Waals surface area contributed by atoms with Crippen LogP contribution in [-0.4, -0.2) is 88.1 Å². The zero-order valence-corrected chi connectivity index (χ0v) is 23.8. The summed E-state index contributed by atoms with van der Waals surface area (Å²) in [4.78, 5) is 53.8. The maximum Gasteiger partial charge on any atom is 0.311 e. The number of nitrogens with zero attached hydrogens (tertiary/aromatic N) is 1. The Bertz CT molecular complexity index is 763. The van der Waals surface area contributed by atoms with Crippen molar-refractivity contribution < 1.29 is 43.2 Å². The van der Waals surface area contributed by atoms with Gasteiger partial charge >= 0.3 is 23.9 Å². The van der Waals surface area contributed by atoms with Crippen LogP contribution in [0.1, 0.15) is 67.7 Å². The number of hydrogen-bond donors (Lipinski definition) is 1. The number of hydrogen-bond acceptors (Lipinski definition) is 10. The molecule has 36 heavy (non-hydrogen) atoms. The molecule has 0 aromatic rings. The highest BCUT2D eigenvalue weighted by atomic mass is 16.5. The van der Waals surface area contributed by atoms with E-state index in [1.54, 1.807) is 48.5 Å². The van der Waals surface area contributed by atoms with Gasteiger partial charge in [-0.2, -0.15) is 0 Å². The quantitative estimate of drug-likeness (QED) is 0.241. The normalized spacial score (nSPS) is 15.4. The van der Waals surface area contributed by atoms with Crippen LogP contribution < -0.4 is 0 Å². The maximum atomic E-state index is 13.5. The number of aliphatic hydroxyl groups excluding tert-OH is 1. The molecular formula is C26H47NO9. The number of carbonyl (C=O) groups is 4. The van der Waals surface area contributed by atoms with Crippen LogP contribution in [0.3, 0.4) is 0 Å². The molecule has 0 rings (SSSR count). The molecular weight excluding hydrogens is 470 g/mol. The highest BCUT2D eigenvalue weighted by molar-refractivity contribution is 5.83. The summed E-state index contributed by atoms with van der Waals surface area (Å²) in [6.07, 6.45) is -0.00798. The summed E-state index contributed by atoms with van der Waals surface area (Å²) in [6.45, 7) is 11.9. The van der Waals surface area contributed by atoms with Crippen molar-refractivity contribution in [1.29, 1.82) is 0 Å². The first kappa shape index (κ1) is 33.8. The molecule has 0 aromatic heterocycles. The van der Waals surface area contributed by atoms with Gasteiger partial charge in [-0.3, -0.25) is 19.2 Å². The molecule has 1 N–H and O–H groups in total. The second-order valence-electron chi connectivity index (χ2n) is 11.4. The molecule has 0 bridgehead atoms. The van der Waals surface area contributed by atoms with Gasteiger partial charge in [0.25, 0.3) is 0 Å². The summed E-state index contributed by atoms with van der Waals surface area (Å²) >= 11 is 0. The van der Waals surface area contributed by atoms with E-state index in [0.29, 0.717) is 6.54 Å². The Kier molecular flexibility index (Phi) is 13.1. The number of ether oxygens (including phenoxy) is 4. The minimum Gasteiger partial charge on any atom is -0.469 e. The third kappa shape index (κ3) is 10.0. The van der Waals surface area contributed by atoms with Gasteiger partial charge in [0.05, 0.1) is 42.0 Å². The van der Waals surface area contributed by atoms with E-state index in [2.05, 4.69) is 0 Å². The van der Waals surface area contributed by atoms with Gasteiger partial charge in [-0.05, 0) is 81.8 Å². The van der Waals surface area contributed by atoms with E-state index in [1.807, 2.05) is 19.0 Å². The smallest absolute Gasteiger partial charge is 0.311 e. The Labute approximate surface area is 216 Å². The first-order valence-corrected chi connectivity index (χ1v) is 12.3. The van der Waals surface area contributed by atoms with Crippen LogP contribution in [0, 0.1) is 21.7 Å². The Morgan fingerprint density at radius 2 is 1.14 bits per heavy atom. The van der Waals surface area contributed by atoms with E-state index in [-0.39, 0.29) is 45.7 Å².